The molecule has 2 heterocycles. The lowest BCUT2D eigenvalue weighted by Crippen LogP contribution is -2.31. The Morgan fingerprint density at radius 3 is 2.48 bits per heavy atom. The Hall–Kier alpha value is -3.34. The molecule has 10 heteroatoms. The first kappa shape index (κ1) is 28.8. The Balaban J connectivity index is 1.40. The van der Waals surface area contributed by atoms with Gasteiger partial charge >= 0.3 is 0 Å². The number of hydrogen-bond acceptors (Lipinski definition) is 7. The van der Waals surface area contributed by atoms with E-state index in [4.69, 9.17) is 16.3 Å². The van der Waals surface area contributed by atoms with Gasteiger partial charge in [0.15, 0.2) is 0 Å². The van der Waals surface area contributed by atoms with E-state index in [1.165, 1.54) is 11.3 Å². The Labute approximate surface area is 254 Å². The summed E-state index contributed by atoms with van der Waals surface area (Å²) in [6.07, 6.45) is 1.32. The highest BCUT2D eigenvalue weighted by molar-refractivity contribution is 7.90. The second-order valence-corrected chi connectivity index (χ2v) is 14.5. The Morgan fingerprint density at radius 1 is 1.02 bits per heavy atom. The first-order valence-electron chi connectivity index (χ1n) is 13.7. The second kappa shape index (κ2) is 11.4. The molecule has 0 radical (unpaired) electrons. The normalized spacial score (nSPS) is 14.7. The Kier molecular flexibility index (Phi) is 7.80. The monoisotopic (exact) mass is 619 g/mol. The Morgan fingerprint density at radius 2 is 1.76 bits per heavy atom. The minimum Gasteiger partial charge on any atom is -0.471 e. The summed E-state index contributed by atoms with van der Waals surface area (Å²) in [5.41, 5.74) is 2.35. The van der Waals surface area contributed by atoms with E-state index in [2.05, 4.69) is 14.9 Å². The fraction of sp³-hybridized carbons (Fsp3) is 0.250. The number of nitrogens with one attached hydrogen (secondary N) is 1. The van der Waals surface area contributed by atoms with Crippen LogP contribution in [-0.2, 0) is 22.2 Å². The van der Waals surface area contributed by atoms with E-state index in [0.29, 0.717) is 41.3 Å². The summed E-state index contributed by atoms with van der Waals surface area (Å²) in [4.78, 5) is 0.813. The molecule has 2 aromatic heterocycles. The molecule has 0 saturated heterocycles. The minimum atomic E-state index is -3.52. The quantitative estimate of drug-likeness (QED) is 0.175. The molecule has 42 heavy (non-hydrogen) atoms. The molecule has 2 N–H and O–H groups in total. The standard InChI is InChI=1S/C32H30ClN3O4S2/c1-32(2,37)25-18-27(34-35-31(25)40-19-20-9-4-3-5-10-20)24-13-8-11-21-17-28(41-30(21)24)29(23-12-6-7-14-26(23)33)36-42(38,39)22-15-16-22/h3-14,17-18,22,29,36-37H,15-16,19H2,1-2H3. The van der Waals surface area contributed by atoms with Crippen LogP contribution in [0, 0.1) is 0 Å². The van der Waals surface area contributed by atoms with E-state index in [9.17, 15) is 13.5 Å². The molecule has 3 aromatic carbocycles. The van der Waals surface area contributed by atoms with Crippen molar-refractivity contribution in [1.82, 2.24) is 14.9 Å². The maximum absolute atomic E-state index is 13.1. The van der Waals surface area contributed by atoms with Gasteiger partial charge in [-0.1, -0.05) is 78.3 Å². The number of fused-ring (bicyclic) bond motifs is 1. The molecular weight excluding hydrogens is 590 g/mol. The number of hydrogen-bond donors (Lipinski definition) is 2. The molecule has 1 unspecified atom stereocenters. The van der Waals surface area contributed by atoms with Gasteiger partial charge in [0.05, 0.1) is 22.6 Å². The van der Waals surface area contributed by atoms with E-state index in [1.54, 1.807) is 19.9 Å². The zero-order chi connectivity index (χ0) is 29.5. The molecule has 216 valence electrons. The number of sulfonamides is 1. The smallest absolute Gasteiger partial charge is 0.239 e. The van der Waals surface area contributed by atoms with Crippen LogP contribution in [0.15, 0.2) is 84.9 Å². The maximum atomic E-state index is 13.1. The molecule has 1 saturated carbocycles. The number of halogens is 1. The van der Waals surface area contributed by atoms with Gasteiger partial charge in [0.1, 0.15) is 6.61 Å². The summed E-state index contributed by atoms with van der Waals surface area (Å²) in [5, 5.41) is 20.9. The lowest BCUT2D eigenvalue weighted by atomic mass is 9.97. The molecule has 1 atom stereocenters. The lowest BCUT2D eigenvalue weighted by molar-refractivity contribution is 0.0731. The van der Waals surface area contributed by atoms with Gasteiger partial charge in [0.25, 0.3) is 0 Å². The lowest BCUT2D eigenvalue weighted by Gasteiger charge is -2.21. The number of ether oxygens (including phenoxy) is 1. The van der Waals surface area contributed by atoms with E-state index >= 15 is 0 Å². The topological polar surface area (TPSA) is 101 Å². The third kappa shape index (κ3) is 6.07. The van der Waals surface area contributed by atoms with Crippen LogP contribution in [0.2, 0.25) is 5.02 Å². The zero-order valence-corrected chi connectivity index (χ0v) is 25.5. The van der Waals surface area contributed by atoms with Crippen molar-refractivity contribution in [3.8, 4) is 17.1 Å². The van der Waals surface area contributed by atoms with Crippen LogP contribution in [-0.4, -0.2) is 29.0 Å². The summed E-state index contributed by atoms with van der Waals surface area (Å²) in [6, 6.07) is 26.1. The summed E-state index contributed by atoms with van der Waals surface area (Å²) in [6.45, 7) is 3.67. The average Bonchev–Trinajstić information content (AvgIpc) is 3.75. The van der Waals surface area contributed by atoms with Gasteiger partial charge in [-0.2, -0.15) is 0 Å². The van der Waals surface area contributed by atoms with Gasteiger partial charge in [0.2, 0.25) is 15.9 Å². The predicted molar refractivity (Wildman–Crippen MR) is 167 cm³/mol. The largest absolute Gasteiger partial charge is 0.471 e. The number of benzene rings is 3. The average molecular weight is 620 g/mol. The van der Waals surface area contributed by atoms with E-state index in [1.807, 2.05) is 78.9 Å². The molecule has 0 amide bonds. The second-order valence-electron chi connectivity index (χ2n) is 11.0. The first-order valence-corrected chi connectivity index (χ1v) is 16.4. The molecule has 5 aromatic rings. The van der Waals surface area contributed by atoms with Gasteiger partial charge in [-0.25, -0.2) is 13.1 Å². The van der Waals surface area contributed by atoms with Crippen molar-refractivity contribution < 1.29 is 18.3 Å². The molecule has 1 fully saturated rings. The van der Waals surface area contributed by atoms with Crippen molar-refractivity contribution >= 4 is 43.0 Å². The van der Waals surface area contributed by atoms with Gasteiger partial charge in [0, 0.05) is 25.7 Å². The van der Waals surface area contributed by atoms with Gasteiger partial charge in [-0.05, 0) is 61.4 Å². The van der Waals surface area contributed by atoms with Crippen LogP contribution in [0.25, 0.3) is 21.3 Å². The number of aliphatic hydroxyl groups is 1. The highest BCUT2D eigenvalue weighted by Crippen LogP contribution is 2.42. The van der Waals surface area contributed by atoms with Gasteiger partial charge < -0.3 is 9.84 Å². The Bertz CT molecular complexity index is 1850. The van der Waals surface area contributed by atoms with Crippen LogP contribution in [0.4, 0.5) is 0 Å². The molecule has 7 nitrogen and oxygen atoms in total. The van der Waals surface area contributed by atoms with Crippen molar-refractivity contribution in [3.05, 3.63) is 112 Å². The first-order chi connectivity index (χ1) is 20.1. The van der Waals surface area contributed by atoms with Crippen molar-refractivity contribution in [2.45, 2.75) is 50.2 Å². The fourth-order valence-electron chi connectivity index (χ4n) is 4.83. The van der Waals surface area contributed by atoms with Crippen LogP contribution < -0.4 is 9.46 Å². The summed E-state index contributed by atoms with van der Waals surface area (Å²) in [7, 11) is -3.52. The van der Waals surface area contributed by atoms with Crippen molar-refractivity contribution in [1.29, 1.82) is 0 Å². The fourth-order valence-corrected chi connectivity index (χ4v) is 7.94. The van der Waals surface area contributed by atoms with E-state index in [0.717, 1.165) is 26.1 Å². The number of rotatable bonds is 10. The minimum absolute atomic E-state index is 0.266. The molecule has 0 aliphatic heterocycles. The van der Waals surface area contributed by atoms with Crippen LogP contribution >= 0.6 is 22.9 Å². The highest BCUT2D eigenvalue weighted by Gasteiger charge is 2.38. The highest BCUT2D eigenvalue weighted by atomic mass is 35.5. The number of thiophene rings is 1. The van der Waals surface area contributed by atoms with Gasteiger partial charge in [-0.15, -0.1) is 21.5 Å². The van der Waals surface area contributed by atoms with Crippen molar-refractivity contribution in [2.75, 3.05) is 0 Å². The molecule has 0 bridgehead atoms. The summed E-state index contributed by atoms with van der Waals surface area (Å²) < 4.78 is 36.0. The third-order valence-corrected chi connectivity index (χ3v) is 10.7. The molecule has 1 aliphatic rings. The van der Waals surface area contributed by atoms with Gasteiger partial charge in [-0.3, -0.25) is 0 Å². The zero-order valence-electron chi connectivity index (χ0n) is 23.1. The molecular formula is C32H30ClN3O4S2. The number of aromatic nitrogens is 2. The molecule has 1 aliphatic carbocycles. The van der Waals surface area contributed by atoms with E-state index in [-0.39, 0.29) is 11.1 Å². The summed E-state index contributed by atoms with van der Waals surface area (Å²) in [5.74, 6) is 0.266. The summed E-state index contributed by atoms with van der Waals surface area (Å²) >= 11 is 8.06. The van der Waals surface area contributed by atoms with Crippen LogP contribution in [0.1, 0.15) is 54.3 Å². The molecule has 6 rings (SSSR count). The predicted octanol–water partition coefficient (Wildman–Crippen LogP) is 6.99. The molecule has 0 spiro atoms. The van der Waals surface area contributed by atoms with E-state index < -0.39 is 21.7 Å². The maximum Gasteiger partial charge on any atom is 0.239 e. The van der Waals surface area contributed by atoms with Crippen molar-refractivity contribution in [3.63, 3.8) is 0 Å². The third-order valence-electron chi connectivity index (χ3n) is 7.22. The van der Waals surface area contributed by atoms with Crippen molar-refractivity contribution in [2.24, 2.45) is 0 Å². The number of nitrogens with zero attached hydrogens (tertiary/aromatic N) is 2. The van der Waals surface area contributed by atoms with Crippen LogP contribution in [0.3, 0.4) is 0 Å². The SMILES string of the molecule is CC(C)(O)c1cc(-c2cccc3cc(C(NS(=O)(=O)C4CC4)c4ccccc4Cl)sc23)nnc1OCc1ccccc1. The van der Waals surface area contributed by atoms with Crippen LogP contribution in [0.5, 0.6) is 5.88 Å².